The molecule has 0 radical (unpaired) electrons. The summed E-state index contributed by atoms with van der Waals surface area (Å²) in [5.41, 5.74) is 0. The molecule has 2 aliphatic rings. The molecule has 1 heterocycles. The van der Waals surface area contributed by atoms with Gasteiger partial charge >= 0.3 is 0 Å². The number of hydrogen-bond donors (Lipinski definition) is 1. The molecule has 1 saturated carbocycles. The molecule has 18 heavy (non-hydrogen) atoms. The van der Waals surface area contributed by atoms with E-state index in [-0.39, 0.29) is 0 Å². The fourth-order valence-electron chi connectivity index (χ4n) is 2.61. The quantitative estimate of drug-likeness (QED) is 0.630. The molecule has 1 aliphatic heterocycles. The zero-order valence-electron chi connectivity index (χ0n) is 11.7. The summed E-state index contributed by atoms with van der Waals surface area (Å²) in [7, 11) is 1.71. The summed E-state index contributed by atoms with van der Waals surface area (Å²) < 4.78 is 10.5. The van der Waals surface area contributed by atoms with Crippen LogP contribution in [-0.4, -0.2) is 63.5 Å². The number of nitrogens with zero attached hydrogens (tertiary/aromatic N) is 1. The number of methoxy groups -OCH3 is 1. The molecule has 0 aromatic heterocycles. The normalized spacial score (nSPS) is 25.5. The first kappa shape index (κ1) is 14.3. The van der Waals surface area contributed by atoms with E-state index in [1.807, 2.05) is 0 Å². The molecular formula is C14H28N2O2. The average Bonchev–Trinajstić information content (AvgIpc) is 3.18. The lowest BCUT2D eigenvalue weighted by Gasteiger charge is -2.33. The summed E-state index contributed by atoms with van der Waals surface area (Å²) in [5.74, 6) is 0. The van der Waals surface area contributed by atoms with Crippen molar-refractivity contribution < 1.29 is 9.47 Å². The summed E-state index contributed by atoms with van der Waals surface area (Å²) >= 11 is 0. The van der Waals surface area contributed by atoms with Gasteiger partial charge in [-0.3, -0.25) is 0 Å². The van der Waals surface area contributed by atoms with Crippen molar-refractivity contribution in [3.8, 4) is 0 Å². The molecule has 1 unspecified atom stereocenters. The van der Waals surface area contributed by atoms with E-state index in [9.17, 15) is 0 Å². The van der Waals surface area contributed by atoms with Crippen molar-refractivity contribution >= 4 is 0 Å². The second-order valence-electron chi connectivity index (χ2n) is 5.54. The zero-order valence-corrected chi connectivity index (χ0v) is 11.7. The first-order chi connectivity index (χ1) is 8.88. The van der Waals surface area contributed by atoms with Crippen LogP contribution in [0.5, 0.6) is 0 Å². The second kappa shape index (κ2) is 8.10. The molecule has 0 spiro atoms. The second-order valence-corrected chi connectivity index (χ2v) is 5.54. The van der Waals surface area contributed by atoms with Crippen LogP contribution in [0.3, 0.4) is 0 Å². The van der Waals surface area contributed by atoms with Crippen LogP contribution in [0.15, 0.2) is 0 Å². The third kappa shape index (κ3) is 5.65. The lowest BCUT2D eigenvalue weighted by atomic mass is 10.1. The number of rotatable bonds is 9. The van der Waals surface area contributed by atoms with Crippen molar-refractivity contribution in [2.24, 2.45) is 0 Å². The van der Waals surface area contributed by atoms with Gasteiger partial charge in [0.2, 0.25) is 0 Å². The summed E-state index contributed by atoms with van der Waals surface area (Å²) in [5, 5.41) is 3.75. The Kier molecular flexibility index (Phi) is 6.41. The standard InChI is InChI=1S/C14H28N2O2/c1-17-10-11-18-9-3-8-16-7-2-4-14(12-16)15-13-5-6-13/h13-15H,2-12H2,1H3. The SMILES string of the molecule is COCCOCCCN1CCCC(NC2CC2)C1. The number of hydrogen-bond acceptors (Lipinski definition) is 4. The van der Waals surface area contributed by atoms with Crippen molar-refractivity contribution in [2.75, 3.05) is 46.6 Å². The van der Waals surface area contributed by atoms with Crippen molar-refractivity contribution in [3.63, 3.8) is 0 Å². The highest BCUT2D eigenvalue weighted by Crippen LogP contribution is 2.21. The maximum Gasteiger partial charge on any atom is 0.0700 e. The Bertz CT molecular complexity index is 222. The van der Waals surface area contributed by atoms with Crippen LogP contribution < -0.4 is 5.32 Å². The maximum atomic E-state index is 5.50. The van der Waals surface area contributed by atoms with Gasteiger partial charge in [-0.15, -0.1) is 0 Å². The Labute approximate surface area is 111 Å². The lowest BCUT2D eigenvalue weighted by molar-refractivity contribution is 0.0632. The van der Waals surface area contributed by atoms with Gasteiger partial charge in [0, 0.05) is 38.9 Å². The van der Waals surface area contributed by atoms with Crippen LogP contribution in [0.1, 0.15) is 32.1 Å². The molecule has 0 amide bonds. The van der Waals surface area contributed by atoms with Gasteiger partial charge in [-0.1, -0.05) is 0 Å². The first-order valence-corrected chi connectivity index (χ1v) is 7.43. The van der Waals surface area contributed by atoms with Gasteiger partial charge in [0.15, 0.2) is 0 Å². The molecule has 4 heteroatoms. The predicted octanol–water partition coefficient (Wildman–Crippen LogP) is 1.26. The fourth-order valence-corrected chi connectivity index (χ4v) is 2.61. The number of nitrogens with one attached hydrogen (secondary N) is 1. The maximum absolute atomic E-state index is 5.50. The highest BCUT2D eigenvalue weighted by molar-refractivity contribution is 4.87. The molecule has 1 aliphatic carbocycles. The number of likely N-dealkylation sites (tertiary alicyclic amines) is 1. The molecule has 0 aromatic carbocycles. The fraction of sp³-hybridized carbons (Fsp3) is 1.00. The Hall–Kier alpha value is -0.160. The third-order valence-electron chi connectivity index (χ3n) is 3.75. The van der Waals surface area contributed by atoms with E-state index < -0.39 is 0 Å². The van der Waals surface area contributed by atoms with Gasteiger partial charge in [0.05, 0.1) is 13.2 Å². The number of ether oxygens (including phenoxy) is 2. The third-order valence-corrected chi connectivity index (χ3v) is 3.75. The molecule has 106 valence electrons. The molecule has 0 bridgehead atoms. The number of piperidine rings is 1. The van der Waals surface area contributed by atoms with Gasteiger partial charge in [0.1, 0.15) is 0 Å². The first-order valence-electron chi connectivity index (χ1n) is 7.43. The smallest absolute Gasteiger partial charge is 0.0700 e. The minimum Gasteiger partial charge on any atom is -0.382 e. The van der Waals surface area contributed by atoms with Gasteiger partial charge in [-0.05, 0) is 38.6 Å². The average molecular weight is 256 g/mol. The highest BCUT2D eigenvalue weighted by atomic mass is 16.5. The van der Waals surface area contributed by atoms with E-state index in [1.165, 1.54) is 45.3 Å². The summed E-state index contributed by atoms with van der Waals surface area (Å²) in [6, 6.07) is 1.58. The largest absolute Gasteiger partial charge is 0.382 e. The zero-order chi connectivity index (χ0) is 12.6. The molecular weight excluding hydrogens is 228 g/mol. The van der Waals surface area contributed by atoms with Crippen LogP contribution in [0.2, 0.25) is 0 Å². The van der Waals surface area contributed by atoms with Crippen LogP contribution in [0.25, 0.3) is 0 Å². The molecule has 1 saturated heterocycles. The molecule has 1 N–H and O–H groups in total. The van der Waals surface area contributed by atoms with E-state index in [4.69, 9.17) is 9.47 Å². The van der Waals surface area contributed by atoms with E-state index in [2.05, 4.69) is 10.2 Å². The van der Waals surface area contributed by atoms with Gasteiger partial charge in [0.25, 0.3) is 0 Å². The predicted molar refractivity (Wildman–Crippen MR) is 72.9 cm³/mol. The molecule has 2 fully saturated rings. The molecule has 2 rings (SSSR count). The van der Waals surface area contributed by atoms with Gasteiger partial charge < -0.3 is 19.7 Å². The molecule has 1 atom stereocenters. The monoisotopic (exact) mass is 256 g/mol. The summed E-state index contributed by atoms with van der Waals surface area (Å²) in [6.45, 7) is 5.96. The Balaban J connectivity index is 1.49. The lowest BCUT2D eigenvalue weighted by Crippen LogP contribution is -2.46. The van der Waals surface area contributed by atoms with Crippen LogP contribution in [0, 0.1) is 0 Å². The van der Waals surface area contributed by atoms with E-state index >= 15 is 0 Å². The topological polar surface area (TPSA) is 33.7 Å². The Morgan fingerprint density at radius 2 is 2.00 bits per heavy atom. The van der Waals surface area contributed by atoms with E-state index in [0.29, 0.717) is 6.61 Å². The van der Waals surface area contributed by atoms with Crippen LogP contribution in [0.4, 0.5) is 0 Å². The highest BCUT2D eigenvalue weighted by Gasteiger charge is 2.27. The summed E-state index contributed by atoms with van der Waals surface area (Å²) in [4.78, 5) is 2.59. The van der Waals surface area contributed by atoms with Crippen molar-refractivity contribution in [2.45, 2.75) is 44.2 Å². The van der Waals surface area contributed by atoms with Gasteiger partial charge in [-0.25, -0.2) is 0 Å². The Morgan fingerprint density at radius 3 is 2.78 bits per heavy atom. The minimum atomic E-state index is 0.705. The Morgan fingerprint density at radius 1 is 1.11 bits per heavy atom. The van der Waals surface area contributed by atoms with Crippen molar-refractivity contribution in [3.05, 3.63) is 0 Å². The minimum absolute atomic E-state index is 0.705. The van der Waals surface area contributed by atoms with Gasteiger partial charge in [-0.2, -0.15) is 0 Å². The summed E-state index contributed by atoms with van der Waals surface area (Å²) in [6.07, 6.45) is 6.62. The van der Waals surface area contributed by atoms with E-state index in [0.717, 1.165) is 31.7 Å². The van der Waals surface area contributed by atoms with Crippen LogP contribution in [-0.2, 0) is 9.47 Å². The van der Waals surface area contributed by atoms with Crippen molar-refractivity contribution in [1.29, 1.82) is 0 Å². The van der Waals surface area contributed by atoms with Crippen LogP contribution >= 0.6 is 0 Å². The van der Waals surface area contributed by atoms with Crippen molar-refractivity contribution in [1.82, 2.24) is 10.2 Å². The molecule has 4 nitrogen and oxygen atoms in total. The van der Waals surface area contributed by atoms with E-state index in [1.54, 1.807) is 7.11 Å². The molecule has 0 aromatic rings.